The Morgan fingerprint density at radius 2 is 1.76 bits per heavy atom. The first-order valence-corrected chi connectivity index (χ1v) is 7.55. The molecule has 0 aromatic carbocycles. The van der Waals surface area contributed by atoms with Crippen molar-refractivity contribution in [2.75, 3.05) is 39.4 Å². The third kappa shape index (κ3) is 3.49. The Hall–Kier alpha value is -0.850. The van der Waals surface area contributed by atoms with Crippen LogP contribution in [-0.4, -0.2) is 66.5 Å². The molecule has 0 aromatic heterocycles. The molecular weight excluding hydrogens is 294 g/mol. The van der Waals surface area contributed by atoms with E-state index in [1.807, 2.05) is 4.90 Å². The first-order chi connectivity index (χ1) is 9.60. The van der Waals surface area contributed by atoms with Crippen molar-refractivity contribution in [2.24, 2.45) is 11.7 Å². The zero-order valence-corrected chi connectivity index (χ0v) is 13.1. The lowest BCUT2D eigenvalue weighted by Gasteiger charge is -2.37. The molecule has 0 spiro atoms. The number of amides is 2. The molecule has 120 valence electrons. The molecule has 0 bridgehead atoms. The number of morpholine rings is 1. The summed E-state index contributed by atoms with van der Waals surface area (Å²) in [4.78, 5) is 28.4. The van der Waals surface area contributed by atoms with Gasteiger partial charge in [-0.2, -0.15) is 0 Å². The maximum atomic E-state index is 12.5. The van der Waals surface area contributed by atoms with Crippen molar-refractivity contribution in [3.05, 3.63) is 0 Å². The Kier molecular flexibility index (Phi) is 5.11. The Balaban J connectivity index is 0.00000161. The lowest BCUT2D eigenvalue weighted by molar-refractivity contribution is -0.144. The largest absolute Gasteiger partial charge is 0.378 e. The summed E-state index contributed by atoms with van der Waals surface area (Å²) in [6.07, 6.45) is 3.33. The van der Waals surface area contributed by atoms with Crippen LogP contribution in [0.3, 0.4) is 0 Å². The van der Waals surface area contributed by atoms with Crippen LogP contribution in [0.15, 0.2) is 0 Å². The van der Waals surface area contributed by atoms with Gasteiger partial charge >= 0.3 is 0 Å². The van der Waals surface area contributed by atoms with Crippen LogP contribution in [0.1, 0.15) is 25.7 Å². The molecule has 1 unspecified atom stereocenters. The van der Waals surface area contributed by atoms with Gasteiger partial charge in [0.2, 0.25) is 11.8 Å². The van der Waals surface area contributed by atoms with Gasteiger partial charge in [0, 0.05) is 26.2 Å². The molecule has 7 heteroatoms. The minimum Gasteiger partial charge on any atom is -0.378 e. The van der Waals surface area contributed by atoms with Gasteiger partial charge in [0.1, 0.15) is 0 Å². The molecule has 2 heterocycles. The number of nitrogens with zero attached hydrogens (tertiary/aromatic N) is 2. The summed E-state index contributed by atoms with van der Waals surface area (Å²) >= 11 is 0. The zero-order chi connectivity index (χ0) is 14.2. The molecule has 2 aliphatic heterocycles. The molecule has 21 heavy (non-hydrogen) atoms. The van der Waals surface area contributed by atoms with Crippen molar-refractivity contribution in [1.82, 2.24) is 9.80 Å². The molecule has 1 saturated carbocycles. The fourth-order valence-electron chi connectivity index (χ4n) is 3.07. The molecule has 3 rings (SSSR count). The van der Waals surface area contributed by atoms with Crippen LogP contribution in [0, 0.1) is 5.92 Å². The maximum Gasteiger partial charge on any atom is 0.242 e. The third-order valence-electron chi connectivity index (χ3n) is 4.60. The summed E-state index contributed by atoms with van der Waals surface area (Å²) < 4.78 is 5.27. The summed E-state index contributed by atoms with van der Waals surface area (Å²) in [5.74, 6) is 0.151. The van der Waals surface area contributed by atoms with Crippen molar-refractivity contribution in [3.8, 4) is 0 Å². The standard InChI is InChI=1S/C14H23N3O3.ClH/c15-14(3-4-14)13(19)17-5-1-2-11(10-17)12(18)16-6-8-20-9-7-16;/h11H,1-10,15H2;1H. The molecule has 2 saturated heterocycles. The lowest BCUT2D eigenvalue weighted by Crippen LogP contribution is -2.53. The lowest BCUT2D eigenvalue weighted by atomic mass is 9.95. The Morgan fingerprint density at radius 1 is 1.10 bits per heavy atom. The Labute approximate surface area is 131 Å². The van der Waals surface area contributed by atoms with E-state index >= 15 is 0 Å². The van der Waals surface area contributed by atoms with E-state index in [0.717, 1.165) is 32.2 Å². The SMILES string of the molecule is Cl.NC1(C(=O)N2CCCC(C(=O)N3CCOCC3)C2)CC1. The first-order valence-electron chi connectivity index (χ1n) is 7.55. The van der Waals surface area contributed by atoms with Crippen LogP contribution in [0.2, 0.25) is 0 Å². The Morgan fingerprint density at radius 3 is 2.38 bits per heavy atom. The number of nitrogens with two attached hydrogens (primary N) is 1. The van der Waals surface area contributed by atoms with Crippen molar-refractivity contribution in [1.29, 1.82) is 0 Å². The minimum atomic E-state index is -0.621. The van der Waals surface area contributed by atoms with Crippen molar-refractivity contribution >= 4 is 24.2 Å². The summed E-state index contributed by atoms with van der Waals surface area (Å²) in [6, 6.07) is 0. The number of piperidine rings is 1. The van der Waals surface area contributed by atoms with Crippen LogP contribution < -0.4 is 5.73 Å². The van der Waals surface area contributed by atoms with E-state index in [1.54, 1.807) is 4.90 Å². The quantitative estimate of drug-likeness (QED) is 0.777. The number of ether oxygens (including phenoxy) is 1. The molecule has 0 aromatic rings. The van der Waals surface area contributed by atoms with Gasteiger partial charge in [-0.25, -0.2) is 0 Å². The zero-order valence-electron chi connectivity index (χ0n) is 12.3. The highest BCUT2D eigenvalue weighted by Crippen LogP contribution is 2.35. The van der Waals surface area contributed by atoms with Crippen LogP contribution in [0.25, 0.3) is 0 Å². The van der Waals surface area contributed by atoms with E-state index in [-0.39, 0.29) is 30.1 Å². The maximum absolute atomic E-state index is 12.5. The molecular formula is C14H24ClN3O3. The summed E-state index contributed by atoms with van der Waals surface area (Å²) in [6.45, 7) is 3.85. The highest BCUT2D eigenvalue weighted by Gasteiger charge is 2.49. The summed E-state index contributed by atoms with van der Waals surface area (Å²) in [7, 11) is 0. The average Bonchev–Trinajstić information content (AvgIpc) is 3.26. The van der Waals surface area contributed by atoms with Crippen molar-refractivity contribution < 1.29 is 14.3 Å². The molecule has 2 amide bonds. The van der Waals surface area contributed by atoms with Crippen molar-refractivity contribution in [2.45, 2.75) is 31.2 Å². The first kappa shape index (κ1) is 16.5. The summed E-state index contributed by atoms with van der Waals surface area (Å²) in [5, 5.41) is 0. The van der Waals surface area contributed by atoms with Crippen molar-refractivity contribution in [3.63, 3.8) is 0 Å². The van der Waals surface area contributed by atoms with Gasteiger partial charge in [-0.05, 0) is 25.7 Å². The minimum absolute atomic E-state index is 0. The normalized spacial score (nSPS) is 27.8. The van der Waals surface area contributed by atoms with Gasteiger partial charge < -0.3 is 20.3 Å². The fraction of sp³-hybridized carbons (Fsp3) is 0.857. The van der Waals surface area contributed by atoms with Gasteiger partial charge in [-0.3, -0.25) is 9.59 Å². The number of carbonyl (C=O) groups excluding carboxylic acids is 2. The van der Waals surface area contributed by atoms with Crippen LogP contribution >= 0.6 is 12.4 Å². The number of halogens is 1. The second-order valence-corrected chi connectivity index (χ2v) is 6.18. The van der Waals surface area contributed by atoms with E-state index in [1.165, 1.54) is 0 Å². The second-order valence-electron chi connectivity index (χ2n) is 6.18. The van der Waals surface area contributed by atoms with Crippen LogP contribution in [0.5, 0.6) is 0 Å². The molecule has 3 fully saturated rings. The Bertz CT molecular complexity index is 408. The van der Waals surface area contributed by atoms with Gasteiger partial charge in [0.15, 0.2) is 0 Å². The number of rotatable bonds is 2. The number of hydrogen-bond donors (Lipinski definition) is 1. The van der Waals surface area contributed by atoms with E-state index in [0.29, 0.717) is 32.8 Å². The van der Waals surface area contributed by atoms with E-state index in [9.17, 15) is 9.59 Å². The van der Waals surface area contributed by atoms with Gasteiger partial charge in [-0.1, -0.05) is 0 Å². The van der Waals surface area contributed by atoms with Crippen LogP contribution in [0.4, 0.5) is 0 Å². The predicted octanol–water partition coefficient (Wildman–Crippen LogP) is -0.00310. The fourth-order valence-corrected chi connectivity index (χ4v) is 3.07. The smallest absolute Gasteiger partial charge is 0.242 e. The molecule has 2 N–H and O–H groups in total. The number of hydrogen-bond acceptors (Lipinski definition) is 4. The van der Waals surface area contributed by atoms with Gasteiger partial charge in [-0.15, -0.1) is 12.4 Å². The molecule has 3 aliphatic rings. The highest BCUT2D eigenvalue weighted by atomic mass is 35.5. The third-order valence-corrected chi connectivity index (χ3v) is 4.60. The van der Waals surface area contributed by atoms with E-state index in [2.05, 4.69) is 0 Å². The van der Waals surface area contributed by atoms with Gasteiger partial charge in [0.05, 0.1) is 24.7 Å². The van der Waals surface area contributed by atoms with Gasteiger partial charge in [0.25, 0.3) is 0 Å². The molecule has 6 nitrogen and oxygen atoms in total. The number of likely N-dealkylation sites (tertiary alicyclic amines) is 1. The molecule has 1 atom stereocenters. The number of carbonyl (C=O) groups is 2. The van der Waals surface area contributed by atoms with E-state index in [4.69, 9.17) is 10.5 Å². The van der Waals surface area contributed by atoms with Crippen LogP contribution in [-0.2, 0) is 14.3 Å². The molecule has 0 radical (unpaired) electrons. The monoisotopic (exact) mass is 317 g/mol. The predicted molar refractivity (Wildman–Crippen MR) is 80.1 cm³/mol. The average molecular weight is 318 g/mol. The highest BCUT2D eigenvalue weighted by molar-refractivity contribution is 5.90. The molecule has 1 aliphatic carbocycles. The summed E-state index contributed by atoms with van der Waals surface area (Å²) in [5.41, 5.74) is 5.36. The second kappa shape index (κ2) is 6.50. The topological polar surface area (TPSA) is 75.9 Å². The van der Waals surface area contributed by atoms with E-state index < -0.39 is 5.54 Å².